The van der Waals surface area contributed by atoms with Gasteiger partial charge in [0.1, 0.15) is 5.66 Å². The van der Waals surface area contributed by atoms with Crippen molar-refractivity contribution in [3.8, 4) is 0 Å². The van der Waals surface area contributed by atoms with E-state index in [1.165, 1.54) is 0 Å². The van der Waals surface area contributed by atoms with E-state index in [-0.39, 0.29) is 5.66 Å². The Labute approximate surface area is 158 Å². The molecule has 0 radical (unpaired) electrons. The highest BCUT2D eigenvalue weighted by Crippen LogP contribution is 2.53. The third-order valence-corrected chi connectivity index (χ3v) is 5.45. The Balaban J connectivity index is 1.96. The monoisotopic (exact) mass is 368 g/mol. The second kappa shape index (κ2) is 5.98. The van der Waals surface area contributed by atoms with Crippen LogP contribution in [0.15, 0.2) is 72.8 Å². The van der Waals surface area contributed by atoms with Gasteiger partial charge in [0, 0.05) is 5.69 Å². The van der Waals surface area contributed by atoms with Crippen molar-refractivity contribution in [3.05, 3.63) is 82.8 Å². The molecule has 0 saturated heterocycles. The zero-order chi connectivity index (χ0) is 17.6. The molecule has 1 aliphatic rings. The summed E-state index contributed by atoms with van der Waals surface area (Å²) in [4.78, 5) is 4.59. The number of nitrogens with zero attached hydrogens (tertiary/aromatic N) is 2. The molecule has 1 aliphatic heterocycles. The van der Waals surface area contributed by atoms with Crippen molar-refractivity contribution in [2.24, 2.45) is 0 Å². The largest absolute Gasteiger partial charge is 0.316 e. The van der Waals surface area contributed by atoms with Crippen LogP contribution in [0.5, 0.6) is 0 Å². The van der Waals surface area contributed by atoms with Gasteiger partial charge in [-0.15, -0.1) is 0 Å². The van der Waals surface area contributed by atoms with Gasteiger partial charge in [0.25, 0.3) is 0 Å². The maximum Gasteiger partial charge on any atom is 0.116 e. The van der Waals surface area contributed by atoms with E-state index in [0.717, 1.165) is 22.7 Å². The number of benzene rings is 3. The maximum absolute atomic E-state index is 6.57. The summed E-state index contributed by atoms with van der Waals surface area (Å²) >= 11 is 12.9. The molecule has 4 heteroatoms. The predicted molar refractivity (Wildman–Crippen MR) is 108 cm³/mol. The van der Waals surface area contributed by atoms with Gasteiger partial charge >= 0.3 is 0 Å². The number of hydrogen-bond donors (Lipinski definition) is 0. The Bertz CT molecular complexity index is 922. The van der Waals surface area contributed by atoms with Crippen molar-refractivity contribution in [3.63, 3.8) is 0 Å². The summed E-state index contributed by atoms with van der Waals surface area (Å²) in [5, 5.41) is 1.13. The fourth-order valence-corrected chi connectivity index (χ4v) is 4.03. The first-order valence-corrected chi connectivity index (χ1v) is 8.96. The molecule has 0 N–H and O–H groups in total. The average Bonchev–Trinajstić information content (AvgIpc) is 2.84. The molecule has 3 aromatic rings. The van der Waals surface area contributed by atoms with Gasteiger partial charge < -0.3 is 9.80 Å². The molecule has 0 saturated carbocycles. The number of rotatable bonds is 2. The Hall–Kier alpha value is -2.16. The smallest absolute Gasteiger partial charge is 0.116 e. The van der Waals surface area contributed by atoms with Crippen molar-refractivity contribution < 1.29 is 0 Å². The topological polar surface area (TPSA) is 6.48 Å². The first-order chi connectivity index (χ1) is 12.0. The van der Waals surface area contributed by atoms with Gasteiger partial charge in [-0.1, -0.05) is 59.6 Å². The molecule has 0 unspecified atom stereocenters. The van der Waals surface area contributed by atoms with E-state index in [4.69, 9.17) is 23.2 Å². The highest BCUT2D eigenvalue weighted by atomic mass is 35.5. The second-order valence-electron chi connectivity index (χ2n) is 6.56. The van der Waals surface area contributed by atoms with Gasteiger partial charge in [0.2, 0.25) is 0 Å². The van der Waals surface area contributed by atoms with Crippen LogP contribution in [-0.4, -0.2) is 5.66 Å². The lowest BCUT2D eigenvalue weighted by Crippen LogP contribution is -2.48. The molecule has 25 heavy (non-hydrogen) atoms. The van der Waals surface area contributed by atoms with Crippen molar-refractivity contribution in [2.45, 2.75) is 19.5 Å². The summed E-state index contributed by atoms with van der Waals surface area (Å²) in [7, 11) is 0. The Morgan fingerprint density at radius 3 is 1.88 bits per heavy atom. The fourth-order valence-electron chi connectivity index (χ4n) is 3.65. The third-order valence-electron chi connectivity index (χ3n) is 4.64. The highest BCUT2D eigenvalue weighted by molar-refractivity contribution is 6.43. The van der Waals surface area contributed by atoms with Crippen molar-refractivity contribution in [2.75, 3.05) is 9.80 Å². The first-order valence-electron chi connectivity index (χ1n) is 8.20. The van der Waals surface area contributed by atoms with Crippen molar-refractivity contribution >= 4 is 46.0 Å². The molecule has 0 fully saturated rings. The number of halogens is 2. The van der Waals surface area contributed by atoms with E-state index < -0.39 is 0 Å². The summed E-state index contributed by atoms with van der Waals surface area (Å²) < 4.78 is 0. The molecule has 0 spiro atoms. The molecule has 2 nitrogen and oxygen atoms in total. The van der Waals surface area contributed by atoms with E-state index >= 15 is 0 Å². The molecule has 0 aromatic heterocycles. The van der Waals surface area contributed by atoms with Crippen molar-refractivity contribution in [1.29, 1.82) is 0 Å². The lowest BCUT2D eigenvalue weighted by molar-refractivity contribution is 0.540. The molecule has 0 bridgehead atoms. The lowest BCUT2D eigenvalue weighted by atomic mass is 10.1. The molecule has 3 aromatic carbocycles. The maximum atomic E-state index is 6.57. The van der Waals surface area contributed by atoms with Gasteiger partial charge in [0.05, 0.1) is 27.1 Å². The number of hydrogen-bond acceptors (Lipinski definition) is 2. The molecule has 126 valence electrons. The Kier molecular flexibility index (Phi) is 3.90. The van der Waals surface area contributed by atoms with E-state index in [9.17, 15) is 0 Å². The molecular weight excluding hydrogens is 351 g/mol. The highest BCUT2D eigenvalue weighted by Gasteiger charge is 2.44. The zero-order valence-electron chi connectivity index (χ0n) is 14.1. The van der Waals surface area contributed by atoms with E-state index in [1.807, 2.05) is 24.3 Å². The van der Waals surface area contributed by atoms with Gasteiger partial charge in [0.15, 0.2) is 0 Å². The molecular formula is C21H18Cl2N2. The van der Waals surface area contributed by atoms with Crippen LogP contribution in [0.25, 0.3) is 0 Å². The summed E-state index contributed by atoms with van der Waals surface area (Å²) in [6, 6.07) is 24.5. The van der Waals surface area contributed by atoms with Crippen LogP contribution in [0, 0.1) is 0 Å². The van der Waals surface area contributed by atoms with Crippen LogP contribution >= 0.6 is 23.2 Å². The molecule has 0 atom stereocenters. The normalized spacial score (nSPS) is 15.4. The van der Waals surface area contributed by atoms with Crippen molar-refractivity contribution in [1.82, 2.24) is 0 Å². The average molecular weight is 369 g/mol. The lowest BCUT2D eigenvalue weighted by Gasteiger charge is -2.41. The molecule has 1 heterocycles. The fraction of sp³-hybridized carbons (Fsp3) is 0.143. The molecule has 0 aliphatic carbocycles. The van der Waals surface area contributed by atoms with E-state index in [2.05, 4.69) is 72.2 Å². The van der Waals surface area contributed by atoms with Crippen LogP contribution in [0.4, 0.5) is 22.7 Å². The van der Waals surface area contributed by atoms with Crippen LogP contribution < -0.4 is 9.80 Å². The Morgan fingerprint density at radius 1 is 0.640 bits per heavy atom. The van der Waals surface area contributed by atoms with Crippen LogP contribution in [0.1, 0.15) is 13.8 Å². The third kappa shape index (κ3) is 2.48. The minimum atomic E-state index is -0.348. The van der Waals surface area contributed by atoms with E-state index in [0.29, 0.717) is 10.0 Å². The predicted octanol–water partition coefficient (Wildman–Crippen LogP) is 7.02. The van der Waals surface area contributed by atoms with Crippen LogP contribution in [0.3, 0.4) is 0 Å². The molecule has 0 amide bonds. The summed E-state index contributed by atoms with van der Waals surface area (Å²) in [6.45, 7) is 4.38. The summed E-state index contributed by atoms with van der Waals surface area (Å²) in [6.07, 6.45) is 0. The second-order valence-corrected chi connectivity index (χ2v) is 7.35. The summed E-state index contributed by atoms with van der Waals surface area (Å²) in [5.41, 5.74) is 3.96. The van der Waals surface area contributed by atoms with Gasteiger partial charge in [-0.3, -0.25) is 0 Å². The van der Waals surface area contributed by atoms with Crippen LogP contribution in [-0.2, 0) is 0 Å². The zero-order valence-corrected chi connectivity index (χ0v) is 15.6. The van der Waals surface area contributed by atoms with Gasteiger partial charge in [-0.2, -0.15) is 0 Å². The van der Waals surface area contributed by atoms with Gasteiger partial charge in [-0.25, -0.2) is 0 Å². The minimum absolute atomic E-state index is 0.348. The number of para-hydroxylation sites is 3. The SMILES string of the molecule is CC1(C)N(c2ccccc2)c2ccccc2N1c1cccc(Cl)c1Cl. The van der Waals surface area contributed by atoms with Crippen LogP contribution in [0.2, 0.25) is 10.0 Å². The number of anilines is 4. The summed E-state index contributed by atoms with van der Waals surface area (Å²) in [5.74, 6) is 0. The quantitative estimate of drug-likeness (QED) is 0.479. The standard InChI is InChI=1S/C21H18Cl2N2/c1-21(2)24(15-9-4-3-5-10-15)17-12-6-7-13-18(17)25(21)19-14-8-11-16(22)20(19)23/h3-14H,1-2H3. The minimum Gasteiger partial charge on any atom is -0.316 e. The van der Waals surface area contributed by atoms with E-state index in [1.54, 1.807) is 0 Å². The van der Waals surface area contributed by atoms with Gasteiger partial charge in [-0.05, 0) is 50.2 Å². The first kappa shape index (κ1) is 16.3. The number of fused-ring (bicyclic) bond motifs is 1. The Morgan fingerprint density at radius 2 is 1.20 bits per heavy atom. The molecule has 4 rings (SSSR count).